The lowest BCUT2D eigenvalue weighted by Gasteiger charge is -2.35. The molecule has 1 aliphatic heterocycles. The van der Waals surface area contributed by atoms with Crippen LogP contribution >= 0.6 is 0 Å². The van der Waals surface area contributed by atoms with Gasteiger partial charge in [-0.15, -0.1) is 0 Å². The van der Waals surface area contributed by atoms with Gasteiger partial charge in [0.1, 0.15) is 0 Å². The molecule has 7 nitrogen and oxygen atoms in total. The van der Waals surface area contributed by atoms with Gasteiger partial charge in [0.2, 0.25) is 5.91 Å². The van der Waals surface area contributed by atoms with Crippen LogP contribution in [-0.2, 0) is 4.79 Å². The average Bonchev–Trinajstić information content (AvgIpc) is 2.64. The average molecular weight is 343 g/mol. The first-order valence-electron chi connectivity index (χ1n) is 8.63. The fraction of sp³-hybridized carbons (Fsp3) is 0.500. The third-order valence-corrected chi connectivity index (χ3v) is 4.16. The van der Waals surface area contributed by atoms with E-state index >= 15 is 0 Å². The molecular weight excluding hydrogens is 318 g/mol. The van der Waals surface area contributed by atoms with Crippen LogP contribution in [-0.4, -0.2) is 67.6 Å². The number of nitrogens with zero attached hydrogens (tertiary/aromatic N) is 4. The van der Waals surface area contributed by atoms with E-state index in [1.165, 1.54) is 0 Å². The molecule has 0 spiro atoms. The number of nitriles is 1. The van der Waals surface area contributed by atoms with E-state index in [2.05, 4.69) is 16.3 Å². The Bertz CT molecular complexity index is 606. The minimum Gasteiger partial charge on any atom is -0.338 e. The van der Waals surface area contributed by atoms with Gasteiger partial charge in [-0.05, 0) is 19.1 Å². The third-order valence-electron chi connectivity index (χ3n) is 4.16. The maximum Gasteiger partial charge on any atom is 0.317 e. The van der Waals surface area contributed by atoms with Gasteiger partial charge in [-0.25, -0.2) is 4.79 Å². The summed E-state index contributed by atoms with van der Waals surface area (Å²) < 4.78 is 0. The summed E-state index contributed by atoms with van der Waals surface area (Å²) in [6.07, 6.45) is 0.297. The van der Waals surface area contributed by atoms with Crippen molar-refractivity contribution in [1.82, 2.24) is 15.1 Å². The Balaban J connectivity index is 1.91. The van der Waals surface area contributed by atoms with Crippen LogP contribution in [0.1, 0.15) is 13.3 Å². The van der Waals surface area contributed by atoms with Crippen molar-refractivity contribution in [2.24, 2.45) is 0 Å². The molecule has 0 bridgehead atoms. The van der Waals surface area contributed by atoms with E-state index < -0.39 is 0 Å². The smallest absolute Gasteiger partial charge is 0.317 e. The molecule has 0 aliphatic carbocycles. The molecule has 1 saturated heterocycles. The van der Waals surface area contributed by atoms with E-state index in [9.17, 15) is 9.59 Å². The van der Waals surface area contributed by atoms with Crippen molar-refractivity contribution in [3.8, 4) is 6.07 Å². The molecular formula is C18H25N5O2. The highest BCUT2D eigenvalue weighted by molar-refractivity contribution is 5.94. The second kappa shape index (κ2) is 9.64. The molecule has 1 heterocycles. The van der Waals surface area contributed by atoms with Crippen LogP contribution in [0.5, 0.6) is 0 Å². The van der Waals surface area contributed by atoms with Gasteiger partial charge in [0.15, 0.2) is 0 Å². The number of urea groups is 1. The number of piperazine rings is 1. The van der Waals surface area contributed by atoms with Crippen molar-refractivity contribution in [2.45, 2.75) is 13.3 Å². The van der Waals surface area contributed by atoms with Gasteiger partial charge in [-0.1, -0.05) is 18.2 Å². The van der Waals surface area contributed by atoms with E-state index in [1.54, 1.807) is 9.80 Å². The van der Waals surface area contributed by atoms with E-state index in [0.717, 1.165) is 5.69 Å². The monoisotopic (exact) mass is 343 g/mol. The molecule has 1 N–H and O–H groups in total. The summed E-state index contributed by atoms with van der Waals surface area (Å²) in [5, 5.41) is 11.6. The fourth-order valence-electron chi connectivity index (χ4n) is 2.82. The van der Waals surface area contributed by atoms with Gasteiger partial charge in [-0.3, -0.25) is 9.69 Å². The van der Waals surface area contributed by atoms with Gasteiger partial charge in [0, 0.05) is 45.0 Å². The highest BCUT2D eigenvalue weighted by Gasteiger charge is 2.24. The Kier molecular flexibility index (Phi) is 7.23. The normalized spacial score (nSPS) is 14.6. The summed E-state index contributed by atoms with van der Waals surface area (Å²) in [6, 6.07) is 11.5. The largest absolute Gasteiger partial charge is 0.338 e. The topological polar surface area (TPSA) is 79.7 Å². The van der Waals surface area contributed by atoms with Crippen molar-refractivity contribution in [1.29, 1.82) is 5.26 Å². The fourth-order valence-corrected chi connectivity index (χ4v) is 2.82. The van der Waals surface area contributed by atoms with Gasteiger partial charge in [0.25, 0.3) is 0 Å². The van der Waals surface area contributed by atoms with Crippen LogP contribution in [0.3, 0.4) is 0 Å². The zero-order chi connectivity index (χ0) is 18.1. The molecule has 7 heteroatoms. The highest BCUT2D eigenvalue weighted by Crippen LogP contribution is 2.15. The molecule has 3 amide bonds. The van der Waals surface area contributed by atoms with Gasteiger partial charge < -0.3 is 15.1 Å². The SMILES string of the molecule is CCNC(=O)N1CCN(CC(=O)N(CCC#N)c2ccccc2)CC1. The molecule has 134 valence electrons. The Labute approximate surface area is 148 Å². The van der Waals surface area contributed by atoms with E-state index in [0.29, 0.717) is 52.2 Å². The zero-order valence-corrected chi connectivity index (χ0v) is 14.6. The quantitative estimate of drug-likeness (QED) is 0.844. The number of carbonyl (C=O) groups is 2. The predicted octanol–water partition coefficient (Wildman–Crippen LogP) is 1.28. The summed E-state index contributed by atoms with van der Waals surface area (Å²) in [7, 11) is 0. The Morgan fingerprint density at radius 3 is 2.48 bits per heavy atom. The van der Waals surface area contributed by atoms with Crippen LogP contribution in [0.15, 0.2) is 30.3 Å². The lowest BCUT2D eigenvalue weighted by Crippen LogP contribution is -2.53. The third kappa shape index (κ3) is 5.47. The Morgan fingerprint density at radius 2 is 1.88 bits per heavy atom. The summed E-state index contributed by atoms with van der Waals surface area (Å²) in [6.45, 7) is 5.76. The number of hydrogen-bond donors (Lipinski definition) is 1. The molecule has 1 fully saturated rings. The number of anilines is 1. The summed E-state index contributed by atoms with van der Waals surface area (Å²) in [5.41, 5.74) is 0.809. The number of hydrogen-bond acceptors (Lipinski definition) is 4. The Hall–Kier alpha value is -2.59. The first kappa shape index (κ1) is 18.7. The maximum absolute atomic E-state index is 12.7. The van der Waals surface area contributed by atoms with Gasteiger partial charge in [-0.2, -0.15) is 5.26 Å². The van der Waals surface area contributed by atoms with Crippen LogP contribution in [0.4, 0.5) is 10.5 Å². The number of carbonyl (C=O) groups excluding carboxylic acids is 2. The predicted molar refractivity (Wildman–Crippen MR) is 96.1 cm³/mol. The Morgan fingerprint density at radius 1 is 1.20 bits per heavy atom. The number of benzene rings is 1. The molecule has 0 aromatic heterocycles. The van der Waals surface area contributed by atoms with Crippen LogP contribution in [0, 0.1) is 11.3 Å². The maximum atomic E-state index is 12.7. The van der Waals surface area contributed by atoms with Crippen molar-refractivity contribution in [3.63, 3.8) is 0 Å². The number of nitrogens with one attached hydrogen (secondary N) is 1. The van der Waals surface area contributed by atoms with Gasteiger partial charge >= 0.3 is 6.03 Å². The van der Waals surface area contributed by atoms with Crippen LogP contribution in [0.2, 0.25) is 0 Å². The molecule has 1 aromatic rings. The first-order valence-corrected chi connectivity index (χ1v) is 8.63. The second-order valence-electron chi connectivity index (χ2n) is 5.89. The summed E-state index contributed by atoms with van der Waals surface area (Å²) >= 11 is 0. The van der Waals surface area contributed by atoms with E-state index in [-0.39, 0.29) is 11.9 Å². The van der Waals surface area contributed by atoms with Crippen LogP contribution in [0.25, 0.3) is 0 Å². The minimum atomic E-state index is -0.0478. The minimum absolute atomic E-state index is 0.0205. The number of amides is 3. The standard InChI is InChI=1S/C18H25N5O2/c1-2-20-18(25)22-13-11-21(12-14-22)15-17(24)23(10-6-9-19)16-7-4-3-5-8-16/h3-5,7-8H,2,6,10-15H2,1H3,(H,20,25). The summed E-state index contributed by atoms with van der Waals surface area (Å²) in [4.78, 5) is 30.0. The molecule has 0 unspecified atom stereocenters. The molecule has 1 aliphatic rings. The lowest BCUT2D eigenvalue weighted by molar-refractivity contribution is -0.120. The van der Waals surface area contributed by atoms with Crippen molar-refractivity contribution in [2.75, 3.05) is 50.7 Å². The number of para-hydroxylation sites is 1. The molecule has 1 aromatic carbocycles. The highest BCUT2D eigenvalue weighted by atomic mass is 16.2. The number of rotatable bonds is 6. The van der Waals surface area contributed by atoms with Gasteiger partial charge in [0.05, 0.1) is 19.0 Å². The molecule has 25 heavy (non-hydrogen) atoms. The summed E-state index contributed by atoms with van der Waals surface area (Å²) in [5.74, 6) is -0.0205. The zero-order valence-electron chi connectivity index (χ0n) is 14.6. The van der Waals surface area contributed by atoms with Crippen LogP contribution < -0.4 is 10.2 Å². The molecule has 0 radical (unpaired) electrons. The molecule has 2 rings (SSSR count). The van der Waals surface area contributed by atoms with E-state index in [1.807, 2.05) is 37.3 Å². The van der Waals surface area contributed by atoms with Crippen molar-refractivity contribution in [3.05, 3.63) is 30.3 Å². The van der Waals surface area contributed by atoms with E-state index in [4.69, 9.17) is 5.26 Å². The molecule has 0 atom stereocenters. The second-order valence-corrected chi connectivity index (χ2v) is 5.89. The molecule has 0 saturated carbocycles. The van der Waals surface area contributed by atoms with Crippen molar-refractivity contribution >= 4 is 17.6 Å². The lowest BCUT2D eigenvalue weighted by atomic mass is 10.2. The van der Waals surface area contributed by atoms with Crippen molar-refractivity contribution < 1.29 is 9.59 Å². The first-order chi connectivity index (χ1) is 12.2.